The smallest absolute Gasteiger partial charge is 0.253 e. The Morgan fingerprint density at radius 2 is 2.12 bits per heavy atom. The molecule has 0 atom stereocenters. The predicted molar refractivity (Wildman–Crippen MR) is 126 cm³/mol. The number of aromatic nitrogens is 2. The molecular formula is C24H31N5O4. The van der Waals surface area contributed by atoms with Crippen LogP contribution in [0.4, 0.5) is 5.69 Å². The Balaban J connectivity index is 1.67. The summed E-state index contributed by atoms with van der Waals surface area (Å²) in [7, 11) is 1.62. The van der Waals surface area contributed by atoms with Gasteiger partial charge in [0.1, 0.15) is 12.3 Å². The van der Waals surface area contributed by atoms with E-state index in [1.54, 1.807) is 7.11 Å². The highest BCUT2D eigenvalue weighted by molar-refractivity contribution is 6.06. The fraction of sp³-hybridized carbons (Fsp3) is 0.375. The highest BCUT2D eigenvalue weighted by Crippen LogP contribution is 2.20. The van der Waals surface area contributed by atoms with Crippen LogP contribution in [-0.4, -0.2) is 47.8 Å². The first-order valence-electron chi connectivity index (χ1n) is 10.9. The summed E-state index contributed by atoms with van der Waals surface area (Å²) in [5.74, 6) is 1.54. The van der Waals surface area contributed by atoms with Crippen LogP contribution in [0.25, 0.3) is 0 Å². The second-order valence-corrected chi connectivity index (χ2v) is 7.16. The summed E-state index contributed by atoms with van der Waals surface area (Å²) in [4.78, 5) is 4.37. The molecule has 0 unspecified atom stereocenters. The van der Waals surface area contributed by atoms with Gasteiger partial charge in [-0.25, -0.2) is 0 Å². The number of nitrogens with zero attached hydrogens (tertiary/aromatic N) is 4. The Morgan fingerprint density at radius 3 is 2.91 bits per heavy atom. The number of benzene rings is 1. The maximum Gasteiger partial charge on any atom is 0.253 e. The average molecular weight is 454 g/mol. The average Bonchev–Trinajstić information content (AvgIpc) is 3.28. The number of rotatable bonds is 13. The van der Waals surface area contributed by atoms with Crippen molar-refractivity contribution in [3.05, 3.63) is 77.9 Å². The molecule has 176 valence electrons. The molecule has 1 N–H and O–H groups in total. The van der Waals surface area contributed by atoms with Gasteiger partial charge in [0.05, 0.1) is 32.1 Å². The third kappa shape index (κ3) is 7.30. The van der Waals surface area contributed by atoms with Crippen LogP contribution in [0.1, 0.15) is 37.5 Å². The molecule has 0 fully saturated rings. The number of hydrazone groups is 1. The lowest BCUT2D eigenvalue weighted by Gasteiger charge is -2.23. The molecule has 0 aliphatic carbocycles. The van der Waals surface area contributed by atoms with Gasteiger partial charge in [-0.3, -0.25) is 5.01 Å². The van der Waals surface area contributed by atoms with Gasteiger partial charge in [-0.05, 0) is 49.3 Å². The lowest BCUT2D eigenvalue weighted by Crippen LogP contribution is -2.21. The Morgan fingerprint density at radius 1 is 1.24 bits per heavy atom. The molecule has 1 aliphatic heterocycles. The van der Waals surface area contributed by atoms with Crippen LogP contribution in [0.3, 0.4) is 0 Å². The second kappa shape index (κ2) is 12.6. The molecule has 33 heavy (non-hydrogen) atoms. The molecule has 0 amide bonds. The van der Waals surface area contributed by atoms with Crippen LogP contribution < -0.4 is 5.32 Å². The maximum absolute atomic E-state index is 5.65. The summed E-state index contributed by atoms with van der Waals surface area (Å²) in [6.07, 6.45) is 6.61. The highest BCUT2D eigenvalue weighted by atomic mass is 16.5. The van der Waals surface area contributed by atoms with Crippen molar-refractivity contribution in [2.24, 2.45) is 5.10 Å². The molecule has 1 aliphatic rings. The SMILES string of the molecule is C=C1C=CC(c2noc(COCCOC)n2)=NN1Cc1cccc(NC(=CCC)OCC)c1. The number of hydrogen-bond donors (Lipinski definition) is 1. The fourth-order valence-corrected chi connectivity index (χ4v) is 3.01. The number of methoxy groups -OCH3 is 1. The first kappa shape index (κ1) is 24.2. The lowest BCUT2D eigenvalue weighted by atomic mass is 10.1. The summed E-state index contributed by atoms with van der Waals surface area (Å²) < 4.78 is 21.3. The van der Waals surface area contributed by atoms with E-state index in [1.165, 1.54) is 0 Å². The fourth-order valence-electron chi connectivity index (χ4n) is 3.01. The van der Waals surface area contributed by atoms with E-state index in [0.29, 0.717) is 43.8 Å². The van der Waals surface area contributed by atoms with Gasteiger partial charge in [0.25, 0.3) is 5.89 Å². The monoisotopic (exact) mass is 453 g/mol. The third-order valence-corrected chi connectivity index (χ3v) is 4.56. The lowest BCUT2D eigenvalue weighted by molar-refractivity contribution is 0.0494. The molecule has 0 saturated heterocycles. The summed E-state index contributed by atoms with van der Waals surface area (Å²) in [5, 5.41) is 13.8. The molecule has 0 bridgehead atoms. The normalized spacial score (nSPS) is 13.9. The number of nitrogens with one attached hydrogen (secondary N) is 1. The molecule has 1 aromatic carbocycles. The van der Waals surface area contributed by atoms with Crippen LogP contribution in [0.15, 0.2) is 70.3 Å². The van der Waals surface area contributed by atoms with Crippen molar-refractivity contribution in [1.29, 1.82) is 0 Å². The van der Waals surface area contributed by atoms with Crippen LogP contribution in [0.2, 0.25) is 0 Å². The van der Waals surface area contributed by atoms with E-state index < -0.39 is 0 Å². The quantitative estimate of drug-likeness (QED) is 0.356. The minimum atomic E-state index is 0.222. The molecule has 1 aromatic heterocycles. The largest absolute Gasteiger partial charge is 0.479 e. The Kier molecular flexibility index (Phi) is 9.22. The van der Waals surface area contributed by atoms with E-state index in [4.69, 9.17) is 18.7 Å². The molecule has 2 aromatic rings. The van der Waals surface area contributed by atoms with Gasteiger partial charge in [0, 0.05) is 12.8 Å². The molecule has 0 spiro atoms. The Labute approximate surface area is 194 Å². The summed E-state index contributed by atoms with van der Waals surface area (Å²) in [5.41, 5.74) is 3.37. The van der Waals surface area contributed by atoms with Gasteiger partial charge >= 0.3 is 0 Å². The zero-order valence-corrected chi connectivity index (χ0v) is 19.4. The van der Waals surface area contributed by atoms with E-state index in [9.17, 15) is 0 Å². The van der Waals surface area contributed by atoms with E-state index in [0.717, 1.165) is 29.3 Å². The number of allylic oxidation sites excluding steroid dienone is 3. The number of ether oxygens (including phenoxy) is 3. The van der Waals surface area contributed by atoms with Crippen LogP contribution >= 0.6 is 0 Å². The minimum Gasteiger partial charge on any atom is -0.479 e. The standard InChI is InChI=1S/C24H31N5O4/c1-5-8-22(32-6-2)25-20-10-7-9-19(15-20)16-29-18(3)11-12-21(27-29)24-26-23(33-28-24)17-31-14-13-30-4/h7-12,15,25H,3,5-6,13-14,16-17H2,1-2,4H3. The Bertz CT molecular complexity index is 1010. The molecule has 9 nitrogen and oxygen atoms in total. The summed E-state index contributed by atoms with van der Waals surface area (Å²) >= 11 is 0. The van der Waals surface area contributed by atoms with Crippen molar-refractivity contribution < 1.29 is 18.7 Å². The van der Waals surface area contributed by atoms with Gasteiger partial charge in [0.15, 0.2) is 5.88 Å². The predicted octanol–water partition coefficient (Wildman–Crippen LogP) is 4.22. The number of hydrogen-bond acceptors (Lipinski definition) is 9. The van der Waals surface area contributed by atoms with Crippen molar-refractivity contribution in [2.75, 3.05) is 32.2 Å². The van der Waals surface area contributed by atoms with Gasteiger partial charge in [0.2, 0.25) is 5.82 Å². The Hall–Kier alpha value is -3.43. The van der Waals surface area contributed by atoms with E-state index in [-0.39, 0.29) is 6.61 Å². The molecule has 3 rings (SSSR count). The van der Waals surface area contributed by atoms with Crippen molar-refractivity contribution in [2.45, 2.75) is 33.4 Å². The molecule has 0 saturated carbocycles. The highest BCUT2D eigenvalue weighted by Gasteiger charge is 2.17. The van der Waals surface area contributed by atoms with Crippen molar-refractivity contribution >= 4 is 11.4 Å². The van der Waals surface area contributed by atoms with Crippen molar-refractivity contribution in [3.63, 3.8) is 0 Å². The van der Waals surface area contributed by atoms with Gasteiger partial charge in [-0.15, -0.1) is 0 Å². The van der Waals surface area contributed by atoms with Crippen LogP contribution in [0.5, 0.6) is 0 Å². The third-order valence-electron chi connectivity index (χ3n) is 4.56. The zero-order chi connectivity index (χ0) is 23.5. The van der Waals surface area contributed by atoms with E-state index in [2.05, 4.69) is 40.1 Å². The van der Waals surface area contributed by atoms with Gasteiger partial charge < -0.3 is 24.1 Å². The topological polar surface area (TPSA) is 94.2 Å². The maximum atomic E-state index is 5.65. The molecular weight excluding hydrogens is 422 g/mol. The minimum absolute atomic E-state index is 0.222. The second-order valence-electron chi connectivity index (χ2n) is 7.16. The van der Waals surface area contributed by atoms with Crippen molar-refractivity contribution in [3.8, 4) is 0 Å². The van der Waals surface area contributed by atoms with Gasteiger partial charge in [-0.2, -0.15) is 10.1 Å². The van der Waals surface area contributed by atoms with Crippen LogP contribution in [-0.2, 0) is 27.4 Å². The molecule has 2 heterocycles. The van der Waals surface area contributed by atoms with E-state index >= 15 is 0 Å². The summed E-state index contributed by atoms with van der Waals surface area (Å²) in [6.45, 7) is 10.5. The first-order chi connectivity index (χ1) is 16.1. The number of anilines is 1. The zero-order valence-electron chi connectivity index (χ0n) is 19.4. The summed E-state index contributed by atoms with van der Waals surface area (Å²) in [6, 6.07) is 8.10. The first-order valence-corrected chi connectivity index (χ1v) is 10.9. The van der Waals surface area contributed by atoms with Crippen LogP contribution in [0, 0.1) is 0 Å². The van der Waals surface area contributed by atoms with Crippen molar-refractivity contribution in [1.82, 2.24) is 15.1 Å². The molecule has 9 heteroatoms. The van der Waals surface area contributed by atoms with Gasteiger partial charge in [-0.1, -0.05) is 30.8 Å². The molecule has 0 radical (unpaired) electrons. The van der Waals surface area contributed by atoms with E-state index in [1.807, 2.05) is 48.4 Å².